The average molecular weight is 549 g/mol. The van der Waals surface area contributed by atoms with Gasteiger partial charge in [-0.15, -0.1) is 0 Å². The molecule has 2 aliphatic carbocycles. The molecule has 0 spiro atoms. The summed E-state index contributed by atoms with van der Waals surface area (Å²) < 4.78 is 9.09. The molecule has 2 nitrogen and oxygen atoms in total. The SMILES string of the molecule is IN(c1ccccc1C1CCCCC1)c1cccc2c1oc1c(C3CCCCC3)cccc12. The van der Waals surface area contributed by atoms with Gasteiger partial charge in [-0.05, 0) is 60.8 Å². The number of nitrogens with zero attached hydrogens (tertiary/aromatic N) is 1. The normalized spacial score (nSPS) is 18.2. The van der Waals surface area contributed by atoms with Crippen LogP contribution in [0.3, 0.4) is 0 Å². The van der Waals surface area contributed by atoms with Crippen LogP contribution in [0.5, 0.6) is 0 Å². The summed E-state index contributed by atoms with van der Waals surface area (Å²) in [7, 11) is 0. The number of rotatable bonds is 4. The molecule has 1 heterocycles. The number of furan rings is 1. The number of hydrogen-bond acceptors (Lipinski definition) is 2. The number of halogens is 1. The predicted octanol–water partition coefficient (Wildman–Crippen LogP) is 10.2. The molecule has 0 N–H and O–H groups in total. The highest BCUT2D eigenvalue weighted by Crippen LogP contribution is 2.46. The lowest BCUT2D eigenvalue weighted by Gasteiger charge is -2.27. The second kappa shape index (κ2) is 9.32. The quantitative estimate of drug-likeness (QED) is 0.186. The molecule has 0 radical (unpaired) electrons. The molecule has 0 amide bonds. The zero-order valence-corrected chi connectivity index (χ0v) is 21.4. The Hall–Kier alpha value is -2.01. The van der Waals surface area contributed by atoms with Crippen molar-refractivity contribution in [2.45, 2.75) is 76.0 Å². The predicted molar refractivity (Wildman–Crippen MR) is 148 cm³/mol. The van der Waals surface area contributed by atoms with Crippen LogP contribution in [0.15, 0.2) is 65.1 Å². The van der Waals surface area contributed by atoms with Gasteiger partial charge in [0.1, 0.15) is 5.58 Å². The van der Waals surface area contributed by atoms with E-state index in [-0.39, 0.29) is 0 Å². The molecule has 2 fully saturated rings. The average Bonchev–Trinajstić information content (AvgIpc) is 3.28. The second-order valence-electron chi connectivity index (χ2n) is 9.99. The van der Waals surface area contributed by atoms with Crippen molar-refractivity contribution in [1.29, 1.82) is 0 Å². The topological polar surface area (TPSA) is 16.4 Å². The lowest BCUT2D eigenvalue weighted by molar-refractivity contribution is 0.442. The highest BCUT2D eigenvalue weighted by molar-refractivity contribution is 14.1. The fourth-order valence-electron chi connectivity index (χ4n) is 6.27. The zero-order valence-electron chi connectivity index (χ0n) is 19.2. The van der Waals surface area contributed by atoms with Gasteiger partial charge in [-0.25, -0.2) is 0 Å². The number of benzene rings is 3. The van der Waals surface area contributed by atoms with Gasteiger partial charge in [-0.2, -0.15) is 0 Å². The van der Waals surface area contributed by atoms with Crippen molar-refractivity contribution >= 4 is 56.2 Å². The summed E-state index contributed by atoms with van der Waals surface area (Å²) >= 11 is 2.49. The molecule has 6 rings (SSSR count). The Labute approximate surface area is 210 Å². The van der Waals surface area contributed by atoms with Gasteiger partial charge in [0, 0.05) is 10.8 Å². The summed E-state index contributed by atoms with van der Waals surface area (Å²) in [6, 6.07) is 22.4. The third kappa shape index (κ3) is 3.96. The first-order valence-corrected chi connectivity index (χ1v) is 13.8. The minimum absolute atomic E-state index is 0.634. The van der Waals surface area contributed by atoms with Crippen LogP contribution in [0.2, 0.25) is 0 Å². The van der Waals surface area contributed by atoms with E-state index in [9.17, 15) is 0 Å². The van der Waals surface area contributed by atoms with Crippen molar-refractivity contribution in [2.75, 3.05) is 3.11 Å². The standard InChI is InChI=1S/C30H32INO/c31-32(27-19-8-7-15-23(27)21-11-3-1-4-12-21)28-20-10-18-26-25-17-9-16-24(29(25)33-30(26)28)22-13-5-2-6-14-22/h7-10,15-22H,1-6,11-14H2. The zero-order chi connectivity index (χ0) is 22.2. The van der Waals surface area contributed by atoms with Crippen LogP contribution >= 0.6 is 22.9 Å². The Bertz CT molecular complexity index is 1260. The van der Waals surface area contributed by atoms with Gasteiger partial charge >= 0.3 is 0 Å². The smallest absolute Gasteiger partial charge is 0.159 e. The first-order chi connectivity index (χ1) is 16.3. The van der Waals surface area contributed by atoms with Gasteiger partial charge in [0.15, 0.2) is 5.58 Å². The molecule has 33 heavy (non-hydrogen) atoms. The number of hydrogen-bond donors (Lipinski definition) is 0. The van der Waals surface area contributed by atoms with Gasteiger partial charge in [0.25, 0.3) is 0 Å². The van der Waals surface area contributed by atoms with E-state index in [1.807, 2.05) is 0 Å². The van der Waals surface area contributed by atoms with Gasteiger partial charge in [-0.3, -0.25) is 3.11 Å². The summed E-state index contributed by atoms with van der Waals surface area (Å²) in [5.74, 6) is 1.30. The lowest BCUT2D eigenvalue weighted by Crippen LogP contribution is -2.10. The maximum Gasteiger partial charge on any atom is 0.159 e. The Morgan fingerprint density at radius 2 is 1.12 bits per heavy atom. The van der Waals surface area contributed by atoms with Crippen molar-refractivity contribution < 1.29 is 4.42 Å². The van der Waals surface area contributed by atoms with Gasteiger partial charge < -0.3 is 4.42 Å². The van der Waals surface area contributed by atoms with Gasteiger partial charge in [0.05, 0.1) is 34.2 Å². The van der Waals surface area contributed by atoms with E-state index in [1.54, 1.807) is 0 Å². The largest absolute Gasteiger partial charge is 0.454 e. The lowest BCUT2D eigenvalue weighted by atomic mass is 9.83. The van der Waals surface area contributed by atoms with E-state index < -0.39 is 0 Å². The first-order valence-electron chi connectivity index (χ1n) is 12.8. The Kier molecular flexibility index (Phi) is 6.08. The van der Waals surface area contributed by atoms with E-state index in [4.69, 9.17) is 4.42 Å². The van der Waals surface area contributed by atoms with Crippen LogP contribution in [0.25, 0.3) is 21.9 Å². The Balaban J connectivity index is 1.46. The molecule has 1 aromatic heterocycles. The second-order valence-corrected chi connectivity index (χ2v) is 11.0. The molecule has 3 heteroatoms. The molecule has 170 valence electrons. The first kappa shape index (κ1) is 21.5. The third-order valence-corrected chi connectivity index (χ3v) is 9.02. The van der Waals surface area contributed by atoms with Crippen LogP contribution in [-0.4, -0.2) is 0 Å². The molecule has 4 aromatic rings. The van der Waals surface area contributed by atoms with Gasteiger partial charge in [0.2, 0.25) is 0 Å². The summed E-state index contributed by atoms with van der Waals surface area (Å²) in [5.41, 5.74) is 7.49. The van der Waals surface area contributed by atoms with E-state index in [0.717, 1.165) is 16.9 Å². The van der Waals surface area contributed by atoms with E-state index in [0.29, 0.717) is 11.8 Å². The molecule has 0 saturated heterocycles. The minimum Gasteiger partial charge on any atom is -0.454 e. The Morgan fingerprint density at radius 3 is 1.85 bits per heavy atom. The monoisotopic (exact) mass is 549 g/mol. The van der Waals surface area contributed by atoms with E-state index in [1.165, 1.54) is 91.8 Å². The highest BCUT2D eigenvalue weighted by atomic mass is 127. The van der Waals surface area contributed by atoms with Crippen LogP contribution in [0.4, 0.5) is 11.4 Å². The third-order valence-electron chi connectivity index (χ3n) is 7.98. The molecule has 0 aliphatic heterocycles. The highest BCUT2D eigenvalue weighted by Gasteiger charge is 2.24. The molecule has 3 aromatic carbocycles. The molecule has 2 saturated carbocycles. The maximum absolute atomic E-state index is 6.75. The van der Waals surface area contributed by atoms with Crippen molar-refractivity contribution in [3.05, 3.63) is 71.8 Å². The number of fused-ring (bicyclic) bond motifs is 3. The summed E-state index contributed by atoms with van der Waals surface area (Å²) in [6.45, 7) is 0. The maximum atomic E-state index is 6.75. The molecular formula is C30H32INO. The molecule has 2 aliphatic rings. The van der Waals surface area contributed by atoms with E-state index >= 15 is 0 Å². The van der Waals surface area contributed by atoms with Crippen LogP contribution in [-0.2, 0) is 0 Å². The number of anilines is 2. The van der Waals surface area contributed by atoms with Gasteiger partial charge in [-0.1, -0.05) is 87.1 Å². The molecular weight excluding hydrogens is 517 g/mol. The van der Waals surface area contributed by atoms with Crippen LogP contribution < -0.4 is 3.11 Å². The molecule has 0 bridgehead atoms. The van der Waals surface area contributed by atoms with Crippen molar-refractivity contribution in [2.24, 2.45) is 0 Å². The summed E-state index contributed by atoms with van der Waals surface area (Å²) in [5, 5.41) is 2.50. The summed E-state index contributed by atoms with van der Waals surface area (Å²) in [4.78, 5) is 0. The fourth-order valence-corrected chi connectivity index (χ4v) is 7.09. The van der Waals surface area contributed by atoms with Crippen LogP contribution in [0, 0.1) is 0 Å². The fraction of sp³-hybridized carbons (Fsp3) is 0.400. The molecule has 0 atom stereocenters. The van der Waals surface area contributed by atoms with Crippen molar-refractivity contribution in [3.8, 4) is 0 Å². The number of para-hydroxylation sites is 3. The van der Waals surface area contributed by atoms with Crippen LogP contribution in [0.1, 0.15) is 87.2 Å². The van der Waals surface area contributed by atoms with Crippen molar-refractivity contribution in [3.63, 3.8) is 0 Å². The minimum atomic E-state index is 0.634. The van der Waals surface area contributed by atoms with Crippen molar-refractivity contribution in [1.82, 2.24) is 0 Å². The Morgan fingerprint density at radius 1 is 0.576 bits per heavy atom. The summed E-state index contributed by atoms with van der Waals surface area (Å²) in [6.07, 6.45) is 13.3. The van der Waals surface area contributed by atoms with E-state index in [2.05, 4.69) is 86.6 Å². The molecule has 0 unspecified atom stereocenters.